The van der Waals surface area contributed by atoms with E-state index in [1.165, 1.54) is 6.42 Å². The van der Waals surface area contributed by atoms with Gasteiger partial charge in [0.25, 0.3) is 0 Å². The van der Waals surface area contributed by atoms with Crippen molar-refractivity contribution < 1.29 is 9.21 Å². The van der Waals surface area contributed by atoms with Gasteiger partial charge in [0.1, 0.15) is 5.76 Å². The first-order chi connectivity index (χ1) is 10.3. The van der Waals surface area contributed by atoms with Gasteiger partial charge in [-0.1, -0.05) is 0 Å². The van der Waals surface area contributed by atoms with Crippen LogP contribution in [0.1, 0.15) is 25.0 Å². The van der Waals surface area contributed by atoms with Crippen molar-refractivity contribution in [3.8, 4) is 0 Å². The van der Waals surface area contributed by atoms with Gasteiger partial charge in [0.2, 0.25) is 5.91 Å². The number of furan rings is 1. The average Bonchev–Trinajstić information content (AvgIpc) is 3.04. The summed E-state index contributed by atoms with van der Waals surface area (Å²) in [6.07, 6.45) is 5.91. The maximum absolute atomic E-state index is 12.0. The first kappa shape index (κ1) is 15.4. The zero-order chi connectivity index (χ0) is 14.9. The van der Waals surface area contributed by atoms with Gasteiger partial charge in [-0.15, -0.1) is 0 Å². The summed E-state index contributed by atoms with van der Waals surface area (Å²) in [6.45, 7) is 2.77. The standard InChI is InChI=1S/C15H24N4O2/c1-16-15(17-8-7-13-6-5-11-21-13)18-12-14(20)19-9-3-2-4-10-19/h5-6,11H,2-4,7-10,12H2,1H3,(H2,16,17,18). The molecule has 6 heteroatoms. The number of carbonyl (C=O) groups excluding carboxylic acids is 1. The number of nitrogens with zero attached hydrogens (tertiary/aromatic N) is 2. The molecule has 1 fully saturated rings. The number of rotatable bonds is 5. The molecule has 1 saturated heterocycles. The van der Waals surface area contributed by atoms with Gasteiger partial charge in [-0.05, 0) is 31.4 Å². The Bertz CT molecular complexity index is 450. The summed E-state index contributed by atoms with van der Waals surface area (Å²) in [4.78, 5) is 18.1. The molecule has 1 amide bonds. The lowest BCUT2D eigenvalue weighted by Crippen LogP contribution is -2.46. The number of guanidine groups is 1. The van der Waals surface area contributed by atoms with Crippen LogP contribution in [0.2, 0.25) is 0 Å². The highest BCUT2D eigenvalue weighted by molar-refractivity contribution is 5.86. The van der Waals surface area contributed by atoms with Crippen LogP contribution in [0.4, 0.5) is 0 Å². The van der Waals surface area contributed by atoms with Gasteiger partial charge in [0.05, 0.1) is 12.8 Å². The van der Waals surface area contributed by atoms with Gasteiger partial charge >= 0.3 is 0 Å². The maximum Gasteiger partial charge on any atom is 0.241 e. The molecule has 2 N–H and O–H groups in total. The highest BCUT2D eigenvalue weighted by atomic mass is 16.3. The number of amides is 1. The molecule has 2 rings (SSSR count). The maximum atomic E-state index is 12.0. The summed E-state index contributed by atoms with van der Waals surface area (Å²) in [6, 6.07) is 3.82. The van der Waals surface area contributed by atoms with Crippen molar-refractivity contribution in [3.63, 3.8) is 0 Å². The number of likely N-dealkylation sites (tertiary alicyclic amines) is 1. The van der Waals surface area contributed by atoms with E-state index in [-0.39, 0.29) is 5.91 Å². The molecule has 6 nitrogen and oxygen atoms in total. The van der Waals surface area contributed by atoms with Gasteiger partial charge in [0, 0.05) is 33.1 Å². The third-order valence-electron chi connectivity index (χ3n) is 3.58. The van der Waals surface area contributed by atoms with Crippen molar-refractivity contribution in [1.29, 1.82) is 0 Å². The van der Waals surface area contributed by atoms with Gasteiger partial charge in [0.15, 0.2) is 5.96 Å². The van der Waals surface area contributed by atoms with E-state index in [9.17, 15) is 4.79 Å². The molecular weight excluding hydrogens is 268 g/mol. The molecular formula is C15H24N4O2. The Labute approximate surface area is 125 Å². The third-order valence-corrected chi connectivity index (χ3v) is 3.58. The Morgan fingerprint density at radius 3 is 2.81 bits per heavy atom. The molecule has 1 aliphatic rings. The number of carbonyl (C=O) groups is 1. The molecule has 0 spiro atoms. The van der Waals surface area contributed by atoms with Gasteiger partial charge in [-0.25, -0.2) is 0 Å². The Hall–Kier alpha value is -1.98. The van der Waals surface area contributed by atoms with Crippen LogP contribution < -0.4 is 10.6 Å². The first-order valence-electron chi connectivity index (χ1n) is 7.54. The van der Waals surface area contributed by atoms with E-state index in [0.717, 1.165) is 38.1 Å². The number of piperidine rings is 1. The SMILES string of the molecule is CN=C(NCCc1ccco1)NCC(=O)N1CCCCC1. The predicted octanol–water partition coefficient (Wildman–Crippen LogP) is 1.000. The van der Waals surface area contributed by atoms with Crippen LogP contribution in [0.25, 0.3) is 0 Å². The van der Waals surface area contributed by atoms with Crippen LogP contribution in [0.5, 0.6) is 0 Å². The summed E-state index contributed by atoms with van der Waals surface area (Å²) in [5.74, 6) is 1.72. The third kappa shape index (κ3) is 5.13. The molecule has 1 aromatic heterocycles. The van der Waals surface area contributed by atoms with E-state index in [0.29, 0.717) is 19.0 Å². The van der Waals surface area contributed by atoms with E-state index < -0.39 is 0 Å². The monoisotopic (exact) mass is 292 g/mol. The lowest BCUT2D eigenvalue weighted by molar-refractivity contribution is -0.130. The van der Waals surface area contributed by atoms with Crippen LogP contribution in [-0.4, -0.2) is 50.0 Å². The van der Waals surface area contributed by atoms with Crippen LogP contribution in [0.3, 0.4) is 0 Å². The molecule has 1 aromatic rings. The Morgan fingerprint density at radius 1 is 1.33 bits per heavy atom. The highest BCUT2D eigenvalue weighted by Crippen LogP contribution is 2.08. The number of aliphatic imine (C=N–C) groups is 1. The molecule has 1 aliphatic heterocycles. The van der Waals surface area contributed by atoms with Crippen molar-refractivity contribution >= 4 is 11.9 Å². The fraction of sp³-hybridized carbons (Fsp3) is 0.600. The van der Waals surface area contributed by atoms with Crippen molar-refractivity contribution in [1.82, 2.24) is 15.5 Å². The number of hydrogen-bond donors (Lipinski definition) is 2. The van der Waals surface area contributed by atoms with Crippen LogP contribution in [-0.2, 0) is 11.2 Å². The van der Waals surface area contributed by atoms with Crippen LogP contribution in [0, 0.1) is 0 Å². The topological polar surface area (TPSA) is 69.9 Å². The van der Waals surface area contributed by atoms with Crippen molar-refractivity contribution in [2.45, 2.75) is 25.7 Å². The fourth-order valence-corrected chi connectivity index (χ4v) is 2.39. The summed E-state index contributed by atoms with van der Waals surface area (Å²) in [5, 5.41) is 6.24. The normalized spacial score (nSPS) is 15.9. The molecule has 2 heterocycles. The quantitative estimate of drug-likeness (QED) is 0.627. The lowest BCUT2D eigenvalue weighted by atomic mass is 10.1. The molecule has 0 atom stereocenters. The predicted molar refractivity (Wildman–Crippen MR) is 82.2 cm³/mol. The second kappa shape index (κ2) is 8.34. The minimum atomic E-state index is 0.142. The fourth-order valence-electron chi connectivity index (χ4n) is 2.39. The summed E-state index contributed by atoms with van der Waals surface area (Å²) < 4.78 is 5.27. The lowest BCUT2D eigenvalue weighted by Gasteiger charge is -2.27. The highest BCUT2D eigenvalue weighted by Gasteiger charge is 2.16. The zero-order valence-electron chi connectivity index (χ0n) is 12.6. The Balaban J connectivity index is 1.66. The minimum Gasteiger partial charge on any atom is -0.469 e. The van der Waals surface area contributed by atoms with Gasteiger partial charge < -0.3 is 20.0 Å². The largest absolute Gasteiger partial charge is 0.469 e. The molecule has 0 bridgehead atoms. The van der Waals surface area contributed by atoms with E-state index in [2.05, 4.69) is 15.6 Å². The molecule has 0 saturated carbocycles. The molecule has 0 unspecified atom stereocenters. The zero-order valence-corrected chi connectivity index (χ0v) is 12.6. The van der Waals surface area contributed by atoms with Gasteiger partial charge in [-0.3, -0.25) is 9.79 Å². The van der Waals surface area contributed by atoms with Crippen LogP contribution >= 0.6 is 0 Å². The molecule has 0 radical (unpaired) electrons. The summed E-state index contributed by atoms with van der Waals surface area (Å²) >= 11 is 0. The summed E-state index contributed by atoms with van der Waals surface area (Å²) in [5.41, 5.74) is 0. The second-order valence-corrected chi connectivity index (χ2v) is 5.12. The van der Waals surface area contributed by atoms with E-state index in [1.54, 1.807) is 13.3 Å². The first-order valence-corrected chi connectivity index (χ1v) is 7.54. The smallest absolute Gasteiger partial charge is 0.241 e. The van der Waals surface area contributed by atoms with Crippen LogP contribution in [0.15, 0.2) is 27.8 Å². The number of hydrogen-bond acceptors (Lipinski definition) is 3. The van der Waals surface area contributed by atoms with Crippen molar-refractivity contribution in [2.75, 3.05) is 33.2 Å². The van der Waals surface area contributed by atoms with E-state index in [1.807, 2.05) is 17.0 Å². The van der Waals surface area contributed by atoms with E-state index >= 15 is 0 Å². The average molecular weight is 292 g/mol. The van der Waals surface area contributed by atoms with Crippen molar-refractivity contribution in [3.05, 3.63) is 24.2 Å². The molecule has 0 aliphatic carbocycles. The van der Waals surface area contributed by atoms with Crippen molar-refractivity contribution in [2.24, 2.45) is 4.99 Å². The molecule has 0 aromatic carbocycles. The van der Waals surface area contributed by atoms with E-state index in [4.69, 9.17) is 4.42 Å². The number of nitrogens with one attached hydrogen (secondary N) is 2. The second-order valence-electron chi connectivity index (χ2n) is 5.12. The summed E-state index contributed by atoms with van der Waals surface area (Å²) in [7, 11) is 1.70. The minimum absolute atomic E-state index is 0.142. The van der Waals surface area contributed by atoms with Gasteiger partial charge in [-0.2, -0.15) is 0 Å². The Morgan fingerprint density at radius 2 is 2.14 bits per heavy atom. The molecule has 116 valence electrons. The molecule has 21 heavy (non-hydrogen) atoms. The Kier molecular flexibility index (Phi) is 6.12.